The minimum absolute atomic E-state index is 0.189. The van der Waals surface area contributed by atoms with Crippen LogP contribution in [0.2, 0.25) is 0 Å². The molecule has 7 heteroatoms. The number of ether oxygens (including phenoxy) is 1. The third-order valence-electron chi connectivity index (χ3n) is 5.32. The van der Waals surface area contributed by atoms with E-state index in [0.717, 1.165) is 58.2 Å². The number of rotatable bonds is 2. The van der Waals surface area contributed by atoms with Gasteiger partial charge >= 0.3 is 6.09 Å². The van der Waals surface area contributed by atoms with Crippen LogP contribution in [0.15, 0.2) is 28.9 Å². The number of piperidine rings is 1. The first kappa shape index (κ1) is 20.1. The van der Waals surface area contributed by atoms with E-state index in [1.807, 2.05) is 44.0 Å². The average molecular weight is 459 g/mol. The number of benzene rings is 1. The number of aromatic nitrogens is 3. The predicted molar refractivity (Wildman–Crippen MR) is 118 cm³/mol. The second kappa shape index (κ2) is 7.59. The summed E-state index contributed by atoms with van der Waals surface area (Å²) in [6, 6.07) is 6.17. The zero-order valence-electron chi connectivity index (χ0n) is 17.4. The summed E-state index contributed by atoms with van der Waals surface area (Å²) in [5.41, 5.74) is 2.49. The molecule has 1 atom stereocenters. The molecule has 0 spiro atoms. The van der Waals surface area contributed by atoms with E-state index in [2.05, 4.69) is 38.5 Å². The zero-order chi connectivity index (χ0) is 20.8. The van der Waals surface area contributed by atoms with Crippen molar-refractivity contribution < 1.29 is 9.53 Å². The molecule has 1 amide bonds. The van der Waals surface area contributed by atoms with Crippen molar-refractivity contribution in [3.63, 3.8) is 0 Å². The van der Waals surface area contributed by atoms with Crippen LogP contribution in [0.4, 0.5) is 4.79 Å². The van der Waals surface area contributed by atoms with E-state index < -0.39 is 5.60 Å². The minimum atomic E-state index is -0.487. The Hall–Kier alpha value is -2.15. The molecule has 0 saturated carbocycles. The number of amides is 1. The Morgan fingerprint density at radius 2 is 2.10 bits per heavy atom. The lowest BCUT2D eigenvalue weighted by Crippen LogP contribution is -2.42. The van der Waals surface area contributed by atoms with E-state index in [4.69, 9.17) is 9.72 Å². The molecule has 6 nitrogen and oxygen atoms in total. The van der Waals surface area contributed by atoms with Gasteiger partial charge in [0.25, 0.3) is 0 Å². The zero-order valence-corrected chi connectivity index (χ0v) is 19.0. The Morgan fingerprint density at radius 3 is 2.83 bits per heavy atom. The number of fused-ring (bicyclic) bond motifs is 3. The third-order valence-corrected chi connectivity index (χ3v) is 5.81. The van der Waals surface area contributed by atoms with Crippen LogP contribution < -0.4 is 0 Å². The van der Waals surface area contributed by atoms with Crippen molar-refractivity contribution in [2.45, 2.75) is 58.6 Å². The Labute approximate surface area is 179 Å². The van der Waals surface area contributed by atoms with Crippen molar-refractivity contribution in [1.29, 1.82) is 0 Å². The average Bonchev–Trinajstić information content (AvgIpc) is 3.05. The summed E-state index contributed by atoms with van der Waals surface area (Å²) in [4.78, 5) is 24.0. The molecular formula is C22H27BrN4O2. The predicted octanol–water partition coefficient (Wildman–Crippen LogP) is 5.48. The van der Waals surface area contributed by atoms with Gasteiger partial charge in [-0.25, -0.2) is 9.78 Å². The fraction of sp³-hybridized carbons (Fsp3) is 0.500. The van der Waals surface area contributed by atoms with Gasteiger partial charge in [-0.3, -0.25) is 4.98 Å². The molecule has 1 aliphatic rings. The van der Waals surface area contributed by atoms with Crippen LogP contribution in [-0.2, 0) is 11.3 Å². The molecule has 2 aromatic heterocycles. The van der Waals surface area contributed by atoms with E-state index in [9.17, 15) is 4.79 Å². The van der Waals surface area contributed by atoms with E-state index in [0.29, 0.717) is 6.54 Å². The molecule has 1 fully saturated rings. The first-order valence-corrected chi connectivity index (χ1v) is 11.0. The van der Waals surface area contributed by atoms with Gasteiger partial charge in [-0.15, -0.1) is 0 Å². The number of halogens is 1. The second-order valence-electron chi connectivity index (χ2n) is 8.63. The largest absolute Gasteiger partial charge is 0.444 e. The van der Waals surface area contributed by atoms with Gasteiger partial charge < -0.3 is 14.2 Å². The molecule has 1 saturated heterocycles. The monoisotopic (exact) mass is 458 g/mol. The molecule has 0 aliphatic carbocycles. The Balaban J connectivity index is 1.72. The maximum absolute atomic E-state index is 12.6. The van der Waals surface area contributed by atoms with Gasteiger partial charge in [-0.2, -0.15) is 0 Å². The fourth-order valence-corrected chi connectivity index (χ4v) is 4.47. The molecule has 1 unspecified atom stereocenters. The third kappa shape index (κ3) is 3.97. The van der Waals surface area contributed by atoms with Gasteiger partial charge in [-0.05, 0) is 58.7 Å². The molecule has 154 valence electrons. The summed E-state index contributed by atoms with van der Waals surface area (Å²) in [5.74, 6) is 1.22. The number of imidazole rings is 1. The number of hydrogen-bond donors (Lipinski definition) is 0. The Morgan fingerprint density at radius 1 is 1.31 bits per heavy atom. The van der Waals surface area contributed by atoms with E-state index in [-0.39, 0.29) is 12.0 Å². The number of carbonyl (C=O) groups is 1. The highest BCUT2D eigenvalue weighted by Gasteiger charge is 2.31. The van der Waals surface area contributed by atoms with E-state index in [1.54, 1.807) is 0 Å². The van der Waals surface area contributed by atoms with Crippen LogP contribution in [0, 0.1) is 0 Å². The smallest absolute Gasteiger partial charge is 0.410 e. The maximum Gasteiger partial charge on any atom is 0.410 e. The van der Waals surface area contributed by atoms with Crippen molar-refractivity contribution in [3.05, 3.63) is 34.7 Å². The van der Waals surface area contributed by atoms with Gasteiger partial charge in [0.2, 0.25) is 0 Å². The highest BCUT2D eigenvalue weighted by Crippen LogP contribution is 2.33. The van der Waals surface area contributed by atoms with Crippen LogP contribution in [0.5, 0.6) is 0 Å². The summed E-state index contributed by atoms with van der Waals surface area (Å²) in [5, 5.41) is 1.10. The first-order valence-electron chi connectivity index (χ1n) is 10.2. The normalized spacial score (nSPS) is 17.8. The number of aryl methyl sites for hydroxylation is 1. The summed E-state index contributed by atoms with van der Waals surface area (Å²) in [6.45, 7) is 10.0. The molecule has 3 aromatic rings. The standard InChI is InChI=1S/C22H27BrN4O2/c1-5-27-19-16-9-8-15(23)11-17(16)24-12-18(19)25-20(27)14-7-6-10-26(13-14)21(28)29-22(2,3)4/h8-9,11-12,14H,5-7,10,13H2,1-4H3. The fourth-order valence-electron chi connectivity index (χ4n) is 4.12. The van der Waals surface area contributed by atoms with Crippen molar-refractivity contribution in [1.82, 2.24) is 19.4 Å². The molecular weight excluding hydrogens is 432 g/mol. The molecule has 0 radical (unpaired) electrons. The van der Waals surface area contributed by atoms with Crippen LogP contribution in [0.25, 0.3) is 21.9 Å². The molecule has 1 aliphatic heterocycles. The van der Waals surface area contributed by atoms with Crippen LogP contribution >= 0.6 is 15.9 Å². The van der Waals surface area contributed by atoms with Gasteiger partial charge in [0.1, 0.15) is 16.9 Å². The maximum atomic E-state index is 12.6. The van der Waals surface area contributed by atoms with Crippen molar-refractivity contribution in [3.8, 4) is 0 Å². The lowest BCUT2D eigenvalue weighted by Gasteiger charge is -2.34. The molecule has 0 bridgehead atoms. The Kier molecular flexibility index (Phi) is 5.27. The highest BCUT2D eigenvalue weighted by atomic mass is 79.9. The summed E-state index contributed by atoms with van der Waals surface area (Å²) in [6.07, 6.45) is 3.58. The highest BCUT2D eigenvalue weighted by molar-refractivity contribution is 9.10. The van der Waals surface area contributed by atoms with Crippen LogP contribution in [-0.4, -0.2) is 44.2 Å². The lowest BCUT2D eigenvalue weighted by atomic mass is 9.97. The van der Waals surface area contributed by atoms with E-state index >= 15 is 0 Å². The van der Waals surface area contributed by atoms with E-state index in [1.165, 1.54) is 0 Å². The minimum Gasteiger partial charge on any atom is -0.444 e. The molecule has 4 rings (SSSR count). The van der Waals surface area contributed by atoms with Gasteiger partial charge in [0.05, 0.1) is 17.2 Å². The van der Waals surface area contributed by atoms with Gasteiger partial charge in [0, 0.05) is 35.4 Å². The number of carbonyl (C=O) groups excluding carboxylic acids is 1. The first-order chi connectivity index (χ1) is 13.8. The molecule has 3 heterocycles. The topological polar surface area (TPSA) is 60.2 Å². The number of pyridine rings is 1. The second-order valence-corrected chi connectivity index (χ2v) is 9.55. The lowest BCUT2D eigenvalue weighted by molar-refractivity contribution is 0.0195. The Bertz CT molecular complexity index is 1070. The van der Waals surface area contributed by atoms with Gasteiger partial charge in [-0.1, -0.05) is 15.9 Å². The van der Waals surface area contributed by atoms with Crippen molar-refractivity contribution in [2.75, 3.05) is 13.1 Å². The molecule has 29 heavy (non-hydrogen) atoms. The number of hydrogen-bond acceptors (Lipinski definition) is 4. The summed E-state index contributed by atoms with van der Waals surface area (Å²) < 4.78 is 8.89. The molecule has 1 aromatic carbocycles. The van der Waals surface area contributed by atoms with Crippen molar-refractivity contribution in [2.24, 2.45) is 0 Å². The van der Waals surface area contributed by atoms with Crippen LogP contribution in [0.3, 0.4) is 0 Å². The number of nitrogens with zero attached hydrogens (tertiary/aromatic N) is 4. The van der Waals surface area contributed by atoms with Gasteiger partial charge in [0.15, 0.2) is 0 Å². The van der Waals surface area contributed by atoms with Crippen LogP contribution in [0.1, 0.15) is 52.3 Å². The van der Waals surface area contributed by atoms with Crippen molar-refractivity contribution >= 4 is 44.0 Å². The molecule has 0 N–H and O–H groups in total. The number of likely N-dealkylation sites (tertiary alicyclic amines) is 1. The summed E-state index contributed by atoms with van der Waals surface area (Å²) in [7, 11) is 0. The quantitative estimate of drug-likeness (QED) is 0.509. The summed E-state index contributed by atoms with van der Waals surface area (Å²) >= 11 is 3.53. The SMILES string of the molecule is CCn1c(C2CCCN(C(=O)OC(C)(C)C)C2)nc2cnc3cc(Br)ccc3c21.